The van der Waals surface area contributed by atoms with Gasteiger partial charge in [0, 0.05) is 31.4 Å². The summed E-state index contributed by atoms with van der Waals surface area (Å²) < 4.78 is 12.2. The van der Waals surface area contributed by atoms with Crippen LogP contribution < -0.4 is 5.73 Å². The molecule has 1 radical (unpaired) electrons. The van der Waals surface area contributed by atoms with Gasteiger partial charge in [-0.1, -0.05) is 5.16 Å². The van der Waals surface area contributed by atoms with Crippen LogP contribution in [0, 0.1) is 6.07 Å². The number of hydrogen-bond acceptors (Lipinski definition) is 6. The van der Waals surface area contributed by atoms with E-state index >= 15 is 0 Å². The molecular formula is C13H16N5O3. The highest BCUT2D eigenvalue weighted by Gasteiger charge is 2.14. The van der Waals surface area contributed by atoms with Gasteiger partial charge in [0.05, 0.1) is 26.3 Å². The first-order valence-electron chi connectivity index (χ1n) is 6.70. The van der Waals surface area contributed by atoms with Crippen LogP contribution in [0.4, 0.5) is 0 Å². The Hall–Kier alpha value is -2.19. The fourth-order valence-electron chi connectivity index (χ4n) is 2.17. The standard InChI is InChI=1S/C13H16N5O3/c14-13(19)12-1-2-18(15-12)8-10-7-11(21-16-10)9-17-3-5-20-6-4-17/h2,7H,3-6,8-9H2,(H2,14,19). The zero-order valence-electron chi connectivity index (χ0n) is 11.5. The molecule has 0 spiro atoms. The van der Waals surface area contributed by atoms with Crippen molar-refractivity contribution in [3.63, 3.8) is 0 Å². The van der Waals surface area contributed by atoms with Gasteiger partial charge in [-0.3, -0.25) is 14.4 Å². The van der Waals surface area contributed by atoms with Crippen LogP contribution in [0.15, 0.2) is 16.8 Å². The first-order valence-corrected chi connectivity index (χ1v) is 6.70. The number of aromatic nitrogens is 3. The van der Waals surface area contributed by atoms with E-state index in [0.29, 0.717) is 13.1 Å². The van der Waals surface area contributed by atoms with Crippen LogP contribution in [0.5, 0.6) is 0 Å². The van der Waals surface area contributed by atoms with Gasteiger partial charge in [0.15, 0.2) is 11.5 Å². The molecule has 0 bridgehead atoms. The highest BCUT2D eigenvalue weighted by molar-refractivity contribution is 5.90. The molecule has 0 saturated carbocycles. The van der Waals surface area contributed by atoms with Crippen molar-refractivity contribution in [2.45, 2.75) is 13.1 Å². The average Bonchev–Trinajstić information content (AvgIpc) is 3.10. The largest absolute Gasteiger partial charge is 0.379 e. The molecule has 1 amide bonds. The number of hydrogen-bond donors (Lipinski definition) is 1. The predicted octanol–water partition coefficient (Wildman–Crippen LogP) is -0.349. The van der Waals surface area contributed by atoms with Crippen molar-refractivity contribution in [1.29, 1.82) is 0 Å². The van der Waals surface area contributed by atoms with Gasteiger partial charge in [-0.05, 0) is 0 Å². The van der Waals surface area contributed by atoms with Gasteiger partial charge in [-0.25, -0.2) is 0 Å². The van der Waals surface area contributed by atoms with Crippen LogP contribution in [-0.2, 0) is 17.8 Å². The van der Waals surface area contributed by atoms with Crippen molar-refractivity contribution in [1.82, 2.24) is 19.8 Å². The van der Waals surface area contributed by atoms with Crippen molar-refractivity contribution in [3.05, 3.63) is 35.5 Å². The lowest BCUT2D eigenvalue weighted by Crippen LogP contribution is -2.35. The first-order chi connectivity index (χ1) is 10.2. The molecule has 2 N–H and O–H groups in total. The first kappa shape index (κ1) is 13.8. The summed E-state index contributed by atoms with van der Waals surface area (Å²) in [5.74, 6) is 0.208. The highest BCUT2D eigenvalue weighted by Crippen LogP contribution is 2.10. The van der Waals surface area contributed by atoms with Crippen molar-refractivity contribution >= 4 is 5.91 Å². The lowest BCUT2D eigenvalue weighted by atomic mass is 10.3. The molecule has 1 saturated heterocycles. The number of carbonyl (C=O) groups is 1. The molecule has 8 nitrogen and oxygen atoms in total. The summed E-state index contributed by atoms with van der Waals surface area (Å²) in [5, 5.41) is 8.02. The molecule has 111 valence electrons. The van der Waals surface area contributed by atoms with Crippen LogP contribution in [0.2, 0.25) is 0 Å². The number of rotatable bonds is 5. The fourth-order valence-corrected chi connectivity index (χ4v) is 2.17. The summed E-state index contributed by atoms with van der Waals surface area (Å²) in [5.41, 5.74) is 5.99. The molecule has 0 unspecified atom stereocenters. The number of morpholine rings is 1. The SMILES string of the molecule is NC(=O)c1[c]cn(Cc2cc(CN3CCOCC3)on2)n1. The lowest BCUT2D eigenvalue weighted by Gasteiger charge is -2.25. The van der Waals surface area contributed by atoms with Gasteiger partial charge in [0.1, 0.15) is 5.69 Å². The number of nitrogens with zero attached hydrogens (tertiary/aromatic N) is 4. The normalized spacial score (nSPS) is 16.2. The van der Waals surface area contributed by atoms with Crippen LogP contribution in [0.1, 0.15) is 21.9 Å². The molecule has 0 aliphatic carbocycles. The second-order valence-electron chi connectivity index (χ2n) is 4.86. The number of ether oxygens (including phenoxy) is 1. The van der Waals surface area contributed by atoms with Crippen molar-refractivity contribution in [2.24, 2.45) is 5.73 Å². The lowest BCUT2D eigenvalue weighted by molar-refractivity contribution is 0.0305. The Morgan fingerprint density at radius 2 is 2.19 bits per heavy atom. The van der Waals surface area contributed by atoms with Crippen LogP contribution in [0.25, 0.3) is 0 Å². The van der Waals surface area contributed by atoms with Gasteiger partial charge < -0.3 is 15.0 Å². The molecular weight excluding hydrogens is 274 g/mol. The minimum absolute atomic E-state index is 0.118. The Balaban J connectivity index is 1.60. The molecule has 3 rings (SSSR count). The van der Waals surface area contributed by atoms with E-state index in [4.69, 9.17) is 15.0 Å². The third-order valence-corrected chi connectivity index (χ3v) is 3.23. The van der Waals surface area contributed by atoms with E-state index in [1.54, 1.807) is 10.9 Å². The monoisotopic (exact) mass is 290 g/mol. The van der Waals surface area contributed by atoms with E-state index in [-0.39, 0.29) is 5.69 Å². The second kappa shape index (κ2) is 6.06. The van der Waals surface area contributed by atoms with Crippen molar-refractivity contribution in [2.75, 3.05) is 26.3 Å². The molecule has 3 heterocycles. The summed E-state index contributed by atoms with van der Waals surface area (Å²) in [6.07, 6.45) is 1.57. The molecule has 1 aliphatic rings. The van der Waals surface area contributed by atoms with Gasteiger partial charge in [0.2, 0.25) is 0 Å². The van der Waals surface area contributed by atoms with Crippen molar-refractivity contribution in [3.8, 4) is 0 Å². The van der Waals surface area contributed by atoms with E-state index in [1.165, 1.54) is 0 Å². The van der Waals surface area contributed by atoms with E-state index in [1.807, 2.05) is 6.07 Å². The minimum Gasteiger partial charge on any atom is -0.379 e. The maximum atomic E-state index is 11.0. The third kappa shape index (κ3) is 3.47. The molecule has 21 heavy (non-hydrogen) atoms. The maximum absolute atomic E-state index is 11.0. The minimum atomic E-state index is -0.595. The van der Waals surface area contributed by atoms with Gasteiger partial charge >= 0.3 is 0 Å². The summed E-state index contributed by atoms with van der Waals surface area (Å²) in [7, 11) is 0. The Kier molecular flexibility index (Phi) is 3.98. The van der Waals surface area contributed by atoms with E-state index in [2.05, 4.69) is 21.2 Å². The van der Waals surface area contributed by atoms with Crippen LogP contribution >= 0.6 is 0 Å². The maximum Gasteiger partial charge on any atom is 0.269 e. The second-order valence-corrected chi connectivity index (χ2v) is 4.86. The Morgan fingerprint density at radius 3 is 2.90 bits per heavy atom. The predicted molar refractivity (Wildman–Crippen MR) is 71.3 cm³/mol. The smallest absolute Gasteiger partial charge is 0.269 e. The quantitative estimate of drug-likeness (QED) is 0.808. The number of primary amides is 1. The summed E-state index contributed by atoms with van der Waals surface area (Å²) in [6.45, 7) is 4.42. The topological polar surface area (TPSA) is 99.4 Å². The van der Waals surface area contributed by atoms with Crippen LogP contribution in [0.3, 0.4) is 0 Å². The molecule has 0 atom stereocenters. The molecule has 1 fully saturated rings. The zero-order chi connectivity index (χ0) is 14.7. The van der Waals surface area contributed by atoms with Crippen LogP contribution in [-0.4, -0.2) is 52.0 Å². The Labute approximate surface area is 121 Å². The average molecular weight is 290 g/mol. The fraction of sp³-hybridized carbons (Fsp3) is 0.462. The third-order valence-electron chi connectivity index (χ3n) is 3.23. The zero-order valence-corrected chi connectivity index (χ0v) is 11.5. The molecule has 1 aliphatic heterocycles. The molecule has 2 aromatic rings. The number of nitrogens with two attached hydrogens (primary N) is 1. The number of amides is 1. The molecule has 0 aromatic carbocycles. The summed E-state index contributed by atoms with van der Waals surface area (Å²) >= 11 is 0. The molecule has 2 aromatic heterocycles. The van der Waals surface area contributed by atoms with E-state index < -0.39 is 5.91 Å². The summed E-state index contributed by atoms with van der Waals surface area (Å²) in [4.78, 5) is 13.2. The van der Waals surface area contributed by atoms with Crippen molar-refractivity contribution < 1.29 is 14.1 Å². The van der Waals surface area contributed by atoms with Gasteiger partial charge in [0.25, 0.3) is 5.91 Å². The Bertz CT molecular complexity index is 615. The molecule has 8 heteroatoms. The highest BCUT2D eigenvalue weighted by atomic mass is 16.5. The van der Waals surface area contributed by atoms with Gasteiger partial charge in [-0.15, -0.1) is 0 Å². The Morgan fingerprint density at radius 1 is 1.38 bits per heavy atom. The van der Waals surface area contributed by atoms with Gasteiger partial charge in [-0.2, -0.15) is 5.10 Å². The van der Waals surface area contributed by atoms with E-state index in [9.17, 15) is 4.79 Å². The summed E-state index contributed by atoms with van der Waals surface area (Å²) in [6, 6.07) is 4.58. The number of carbonyl (C=O) groups excluding carboxylic acids is 1. The van der Waals surface area contributed by atoms with E-state index in [0.717, 1.165) is 37.8 Å².